The minimum atomic E-state index is -0.449. The number of aryl methyl sites for hydroxylation is 2. The summed E-state index contributed by atoms with van der Waals surface area (Å²) in [4.78, 5) is 24.8. The molecule has 2 aromatic heterocycles. The van der Waals surface area contributed by atoms with Crippen LogP contribution in [0.3, 0.4) is 0 Å². The van der Waals surface area contributed by atoms with Gasteiger partial charge in [0.2, 0.25) is 0 Å². The lowest BCUT2D eigenvalue weighted by Gasteiger charge is -2.07. The van der Waals surface area contributed by atoms with E-state index < -0.39 is 11.7 Å². The summed E-state index contributed by atoms with van der Waals surface area (Å²) in [6.45, 7) is 1.73. The Hall–Kier alpha value is -2.60. The van der Waals surface area contributed by atoms with Crippen LogP contribution < -0.4 is 10.9 Å². The summed E-state index contributed by atoms with van der Waals surface area (Å²) in [6.07, 6.45) is 1.58. The standard InChI is InChI=1S/C17H14ClFN2O3/c1-9-14(15-13(24-9)5-6-21(2)17(15)23)16(22)20-8-10-3-4-11(19)7-12(10)18/h3-7H,8H2,1-2H3,(H,20,22). The van der Waals surface area contributed by atoms with Gasteiger partial charge in [-0.15, -0.1) is 0 Å². The van der Waals surface area contributed by atoms with Gasteiger partial charge in [-0.2, -0.15) is 0 Å². The second-order valence-corrected chi connectivity index (χ2v) is 5.83. The molecule has 0 radical (unpaired) electrons. The van der Waals surface area contributed by atoms with E-state index in [-0.39, 0.29) is 28.1 Å². The molecule has 7 heteroatoms. The summed E-state index contributed by atoms with van der Waals surface area (Å²) in [5, 5.41) is 3.15. The topological polar surface area (TPSA) is 64.2 Å². The number of pyridine rings is 1. The molecule has 0 bridgehead atoms. The Kier molecular flexibility index (Phi) is 4.15. The average Bonchev–Trinajstić information content (AvgIpc) is 2.87. The summed E-state index contributed by atoms with van der Waals surface area (Å²) < 4.78 is 19.9. The van der Waals surface area contributed by atoms with Crippen LogP contribution in [0.15, 0.2) is 39.7 Å². The third-order valence-electron chi connectivity index (χ3n) is 3.78. The summed E-state index contributed by atoms with van der Waals surface area (Å²) in [5.74, 6) is -0.541. The summed E-state index contributed by atoms with van der Waals surface area (Å²) >= 11 is 5.95. The van der Waals surface area contributed by atoms with E-state index in [1.165, 1.54) is 22.8 Å². The van der Waals surface area contributed by atoms with Crippen molar-refractivity contribution in [1.82, 2.24) is 9.88 Å². The molecular formula is C17H14ClFN2O3. The number of carbonyl (C=O) groups excluding carboxylic acids is 1. The number of nitrogens with one attached hydrogen (secondary N) is 1. The van der Waals surface area contributed by atoms with Gasteiger partial charge >= 0.3 is 0 Å². The number of fused-ring (bicyclic) bond motifs is 1. The highest BCUT2D eigenvalue weighted by Gasteiger charge is 2.21. The summed E-state index contributed by atoms with van der Waals surface area (Å²) in [6, 6.07) is 5.58. The molecule has 3 aromatic rings. The fraction of sp³-hybridized carbons (Fsp3) is 0.176. The van der Waals surface area contributed by atoms with Gasteiger partial charge in [0.05, 0.1) is 10.9 Å². The number of benzene rings is 1. The summed E-state index contributed by atoms with van der Waals surface area (Å²) in [5.41, 5.74) is 0.823. The second kappa shape index (κ2) is 6.13. The van der Waals surface area contributed by atoms with Crippen LogP contribution >= 0.6 is 11.6 Å². The number of rotatable bonds is 3. The zero-order valence-electron chi connectivity index (χ0n) is 13.0. The molecule has 3 rings (SSSR count). The lowest BCUT2D eigenvalue weighted by molar-refractivity contribution is 0.0951. The van der Waals surface area contributed by atoms with Crippen LogP contribution in [0.4, 0.5) is 4.39 Å². The van der Waals surface area contributed by atoms with Crippen LogP contribution in [-0.2, 0) is 13.6 Å². The lowest BCUT2D eigenvalue weighted by atomic mass is 10.1. The minimum Gasteiger partial charge on any atom is -0.460 e. The Morgan fingerprint density at radius 3 is 2.83 bits per heavy atom. The lowest BCUT2D eigenvalue weighted by Crippen LogP contribution is -2.25. The third kappa shape index (κ3) is 2.80. The number of hydrogen-bond acceptors (Lipinski definition) is 3. The highest BCUT2D eigenvalue weighted by atomic mass is 35.5. The van der Waals surface area contributed by atoms with Crippen molar-refractivity contribution in [2.75, 3.05) is 0 Å². The van der Waals surface area contributed by atoms with Crippen molar-refractivity contribution in [3.8, 4) is 0 Å². The van der Waals surface area contributed by atoms with Crippen molar-refractivity contribution in [2.24, 2.45) is 7.05 Å². The number of amides is 1. The van der Waals surface area contributed by atoms with Gasteiger partial charge in [-0.1, -0.05) is 17.7 Å². The largest absolute Gasteiger partial charge is 0.460 e. The highest BCUT2D eigenvalue weighted by molar-refractivity contribution is 6.31. The average molecular weight is 349 g/mol. The van der Waals surface area contributed by atoms with Crippen molar-refractivity contribution in [2.45, 2.75) is 13.5 Å². The van der Waals surface area contributed by atoms with E-state index >= 15 is 0 Å². The molecule has 1 N–H and O–H groups in total. The number of hydrogen-bond donors (Lipinski definition) is 1. The first kappa shape index (κ1) is 16.3. The fourth-order valence-electron chi connectivity index (χ4n) is 2.52. The van der Waals surface area contributed by atoms with Gasteiger partial charge < -0.3 is 14.3 Å². The molecule has 24 heavy (non-hydrogen) atoms. The number of aromatic nitrogens is 1. The maximum Gasteiger partial charge on any atom is 0.262 e. The second-order valence-electron chi connectivity index (χ2n) is 5.42. The van der Waals surface area contributed by atoms with Gasteiger partial charge in [0.25, 0.3) is 11.5 Å². The van der Waals surface area contributed by atoms with E-state index in [1.807, 2.05) is 0 Å². The maximum atomic E-state index is 13.1. The van der Waals surface area contributed by atoms with E-state index in [9.17, 15) is 14.0 Å². The third-order valence-corrected chi connectivity index (χ3v) is 4.13. The molecule has 1 aromatic carbocycles. The van der Waals surface area contributed by atoms with Gasteiger partial charge in [-0.25, -0.2) is 4.39 Å². The first-order chi connectivity index (χ1) is 11.4. The molecule has 0 spiro atoms. The number of nitrogens with zero attached hydrogens (tertiary/aromatic N) is 1. The molecule has 0 saturated carbocycles. The van der Waals surface area contributed by atoms with E-state index in [4.69, 9.17) is 16.0 Å². The Morgan fingerprint density at radius 2 is 2.12 bits per heavy atom. The molecule has 0 saturated heterocycles. The number of carbonyl (C=O) groups is 1. The van der Waals surface area contributed by atoms with E-state index in [0.29, 0.717) is 16.9 Å². The first-order valence-electron chi connectivity index (χ1n) is 7.19. The van der Waals surface area contributed by atoms with Crippen molar-refractivity contribution in [3.63, 3.8) is 0 Å². The van der Waals surface area contributed by atoms with E-state index in [2.05, 4.69) is 5.32 Å². The van der Waals surface area contributed by atoms with Crippen LogP contribution in [0.2, 0.25) is 5.02 Å². The minimum absolute atomic E-state index is 0.108. The molecule has 124 valence electrons. The maximum absolute atomic E-state index is 13.1. The Balaban J connectivity index is 1.93. The fourth-order valence-corrected chi connectivity index (χ4v) is 2.76. The summed E-state index contributed by atoms with van der Waals surface area (Å²) in [7, 11) is 1.60. The van der Waals surface area contributed by atoms with Crippen LogP contribution in [0.25, 0.3) is 11.0 Å². The smallest absolute Gasteiger partial charge is 0.262 e. The Bertz CT molecular complexity index is 1010. The van der Waals surface area contributed by atoms with Crippen LogP contribution in [0.1, 0.15) is 21.7 Å². The molecule has 0 aliphatic carbocycles. The zero-order valence-corrected chi connectivity index (χ0v) is 13.8. The first-order valence-corrected chi connectivity index (χ1v) is 7.57. The molecule has 0 fully saturated rings. The molecular weight excluding hydrogens is 335 g/mol. The van der Waals surface area contributed by atoms with Gasteiger partial charge in [0.1, 0.15) is 17.2 Å². The molecule has 0 aliphatic heterocycles. The number of halogens is 2. The normalized spacial score (nSPS) is 11.0. The number of furan rings is 1. The van der Waals surface area contributed by atoms with Crippen molar-refractivity contribution in [1.29, 1.82) is 0 Å². The van der Waals surface area contributed by atoms with E-state index in [1.54, 1.807) is 26.2 Å². The van der Waals surface area contributed by atoms with Gasteiger partial charge in [-0.3, -0.25) is 9.59 Å². The van der Waals surface area contributed by atoms with Gasteiger partial charge in [0, 0.05) is 24.8 Å². The Labute approximate surface area is 141 Å². The van der Waals surface area contributed by atoms with Gasteiger partial charge in [0.15, 0.2) is 0 Å². The molecule has 0 unspecified atom stereocenters. The quantitative estimate of drug-likeness (QED) is 0.790. The SMILES string of the molecule is Cc1oc2ccn(C)c(=O)c2c1C(=O)NCc1ccc(F)cc1Cl. The monoisotopic (exact) mass is 348 g/mol. The molecule has 0 atom stereocenters. The highest BCUT2D eigenvalue weighted by Crippen LogP contribution is 2.23. The van der Waals surface area contributed by atoms with Crippen LogP contribution in [0, 0.1) is 12.7 Å². The molecule has 5 nitrogen and oxygen atoms in total. The zero-order chi connectivity index (χ0) is 17.4. The van der Waals surface area contributed by atoms with Crippen molar-refractivity contribution in [3.05, 3.63) is 68.5 Å². The van der Waals surface area contributed by atoms with Gasteiger partial charge in [-0.05, 0) is 30.7 Å². The van der Waals surface area contributed by atoms with Crippen molar-refractivity contribution < 1.29 is 13.6 Å². The Morgan fingerprint density at radius 1 is 1.38 bits per heavy atom. The molecule has 0 aliphatic rings. The molecule has 1 amide bonds. The van der Waals surface area contributed by atoms with Crippen LogP contribution in [-0.4, -0.2) is 10.5 Å². The van der Waals surface area contributed by atoms with Crippen LogP contribution in [0.5, 0.6) is 0 Å². The predicted molar refractivity (Wildman–Crippen MR) is 88.8 cm³/mol. The molecule has 2 heterocycles. The van der Waals surface area contributed by atoms with Crippen molar-refractivity contribution >= 4 is 28.5 Å². The predicted octanol–water partition coefficient (Wildman–Crippen LogP) is 3.16. The van der Waals surface area contributed by atoms with E-state index in [0.717, 1.165) is 0 Å².